The molecule has 33 heavy (non-hydrogen) atoms. The average molecular weight is 457 g/mol. The van der Waals surface area contributed by atoms with Crippen LogP contribution in [0.4, 0.5) is 10.1 Å². The maximum Gasteiger partial charge on any atom is 0.262 e. The van der Waals surface area contributed by atoms with Gasteiger partial charge in [-0.3, -0.25) is 4.79 Å². The van der Waals surface area contributed by atoms with E-state index >= 15 is 0 Å². The molecule has 6 heteroatoms. The predicted octanol–water partition coefficient (Wildman–Crippen LogP) is 6.71. The first-order valence-electron chi connectivity index (χ1n) is 10.1. The Bertz CT molecular complexity index is 1390. The fraction of sp³-hybridized carbons (Fsp3) is 0.0370. The van der Waals surface area contributed by atoms with Crippen LogP contribution in [0.2, 0.25) is 5.02 Å². The minimum atomic E-state index is -0.398. The van der Waals surface area contributed by atoms with Gasteiger partial charge in [-0.2, -0.15) is 5.26 Å². The first-order chi connectivity index (χ1) is 16.0. The molecule has 4 rings (SSSR count). The number of allylic oxidation sites excluding steroid dienone is 1. The van der Waals surface area contributed by atoms with Crippen molar-refractivity contribution in [2.45, 2.75) is 0 Å². The number of benzene rings is 4. The average Bonchev–Trinajstić information content (AvgIpc) is 2.83. The first-order valence-corrected chi connectivity index (χ1v) is 10.5. The molecule has 0 radical (unpaired) electrons. The van der Waals surface area contributed by atoms with E-state index in [-0.39, 0.29) is 12.4 Å². The summed E-state index contributed by atoms with van der Waals surface area (Å²) < 4.78 is 18.5. The summed E-state index contributed by atoms with van der Waals surface area (Å²) in [7, 11) is 0. The Balaban J connectivity index is 1.45. The van der Waals surface area contributed by atoms with Crippen LogP contribution < -0.4 is 10.1 Å². The lowest BCUT2D eigenvalue weighted by Crippen LogP contribution is -2.20. The molecule has 0 aliphatic heterocycles. The lowest BCUT2D eigenvalue weighted by Gasteiger charge is -2.10. The fourth-order valence-electron chi connectivity index (χ4n) is 3.30. The number of nitriles is 1. The molecule has 0 spiro atoms. The second-order valence-electron chi connectivity index (χ2n) is 7.27. The Labute approximate surface area is 195 Å². The smallest absolute Gasteiger partial charge is 0.262 e. The molecule has 0 saturated carbocycles. The molecule has 0 saturated heterocycles. The maximum absolute atomic E-state index is 13.0. The summed E-state index contributed by atoms with van der Waals surface area (Å²) in [4.78, 5) is 12.1. The molecule has 0 atom stereocenters. The van der Waals surface area contributed by atoms with E-state index in [4.69, 9.17) is 16.3 Å². The highest BCUT2D eigenvalue weighted by atomic mass is 35.5. The molecule has 0 heterocycles. The molecule has 4 nitrogen and oxygen atoms in total. The number of ether oxygens (including phenoxy) is 1. The standard InChI is InChI=1S/C27H18ClFN2O2/c28-25-14-18(13-22(16-30)21-7-6-19-3-1-2-4-20(19)15-21)5-12-26(25)33-17-27(32)31-24-10-8-23(29)9-11-24/h1-15H,17H2,(H,31,32)/b22-13-. The number of anilines is 1. The van der Waals surface area contributed by atoms with Gasteiger partial charge in [0.15, 0.2) is 6.61 Å². The van der Waals surface area contributed by atoms with Gasteiger partial charge in [0.05, 0.1) is 16.7 Å². The van der Waals surface area contributed by atoms with Crippen LogP contribution >= 0.6 is 11.6 Å². The highest BCUT2D eigenvalue weighted by Crippen LogP contribution is 2.28. The number of amides is 1. The number of hydrogen-bond acceptors (Lipinski definition) is 3. The van der Waals surface area contributed by atoms with E-state index in [0.29, 0.717) is 22.0 Å². The molecule has 1 N–H and O–H groups in total. The van der Waals surface area contributed by atoms with Gasteiger partial charge in [-0.25, -0.2) is 4.39 Å². The van der Waals surface area contributed by atoms with Gasteiger partial charge in [-0.1, -0.05) is 54.1 Å². The van der Waals surface area contributed by atoms with Crippen molar-refractivity contribution < 1.29 is 13.9 Å². The maximum atomic E-state index is 13.0. The Morgan fingerprint density at radius 2 is 1.76 bits per heavy atom. The molecule has 0 aromatic heterocycles. The number of halogens is 2. The molecule has 1 amide bonds. The molecule has 0 aliphatic rings. The molecule has 162 valence electrons. The van der Waals surface area contributed by atoms with E-state index in [9.17, 15) is 14.4 Å². The van der Waals surface area contributed by atoms with Crippen LogP contribution in [0, 0.1) is 17.1 Å². The van der Waals surface area contributed by atoms with Crippen LogP contribution in [-0.4, -0.2) is 12.5 Å². The molecule has 0 aliphatic carbocycles. The monoisotopic (exact) mass is 456 g/mol. The number of hydrogen-bond donors (Lipinski definition) is 1. The van der Waals surface area contributed by atoms with E-state index in [1.165, 1.54) is 24.3 Å². The van der Waals surface area contributed by atoms with Crippen LogP contribution in [0.3, 0.4) is 0 Å². The highest BCUT2D eigenvalue weighted by molar-refractivity contribution is 6.32. The third kappa shape index (κ3) is 5.57. The van der Waals surface area contributed by atoms with Crippen molar-refractivity contribution in [3.05, 3.63) is 107 Å². The number of fused-ring (bicyclic) bond motifs is 1. The van der Waals surface area contributed by atoms with Gasteiger partial charge < -0.3 is 10.1 Å². The molecule has 0 bridgehead atoms. The van der Waals surface area contributed by atoms with Crippen LogP contribution in [0.1, 0.15) is 11.1 Å². The Morgan fingerprint density at radius 3 is 2.48 bits per heavy atom. The third-order valence-electron chi connectivity index (χ3n) is 4.93. The lowest BCUT2D eigenvalue weighted by atomic mass is 10.00. The summed E-state index contributed by atoms with van der Waals surface area (Å²) in [5, 5.41) is 14.8. The third-order valence-corrected chi connectivity index (χ3v) is 5.23. The normalized spacial score (nSPS) is 11.1. The lowest BCUT2D eigenvalue weighted by molar-refractivity contribution is -0.118. The van der Waals surface area contributed by atoms with Crippen molar-refractivity contribution >= 4 is 45.6 Å². The predicted molar refractivity (Wildman–Crippen MR) is 129 cm³/mol. The zero-order valence-electron chi connectivity index (χ0n) is 17.4. The summed E-state index contributed by atoms with van der Waals surface area (Å²) in [5.74, 6) is -0.442. The summed E-state index contributed by atoms with van der Waals surface area (Å²) >= 11 is 6.33. The highest BCUT2D eigenvalue weighted by Gasteiger charge is 2.09. The molecule has 4 aromatic rings. The second-order valence-corrected chi connectivity index (χ2v) is 7.67. The van der Waals surface area contributed by atoms with Crippen LogP contribution in [-0.2, 0) is 4.79 Å². The van der Waals surface area contributed by atoms with Gasteiger partial charge in [-0.05, 0) is 70.4 Å². The van der Waals surface area contributed by atoms with E-state index in [2.05, 4.69) is 11.4 Å². The van der Waals surface area contributed by atoms with Gasteiger partial charge in [0.25, 0.3) is 5.91 Å². The topological polar surface area (TPSA) is 62.1 Å². The number of nitrogens with zero attached hydrogens (tertiary/aromatic N) is 1. The first kappa shape index (κ1) is 22.1. The Hall–Kier alpha value is -4.14. The van der Waals surface area contributed by atoms with Crippen molar-refractivity contribution in [1.29, 1.82) is 5.26 Å². The van der Waals surface area contributed by atoms with Crippen molar-refractivity contribution in [1.82, 2.24) is 0 Å². The minimum absolute atomic E-state index is 0.257. The van der Waals surface area contributed by atoms with Crippen molar-refractivity contribution in [2.24, 2.45) is 0 Å². The van der Waals surface area contributed by atoms with E-state index in [0.717, 1.165) is 21.9 Å². The zero-order valence-corrected chi connectivity index (χ0v) is 18.1. The van der Waals surface area contributed by atoms with Gasteiger partial charge in [0, 0.05) is 5.69 Å². The number of carbonyl (C=O) groups excluding carboxylic acids is 1. The molecule has 4 aromatic carbocycles. The minimum Gasteiger partial charge on any atom is -0.482 e. The SMILES string of the molecule is N#C/C(=C/c1ccc(OCC(=O)Nc2ccc(F)cc2)c(Cl)c1)c1ccc2ccccc2c1. The zero-order chi connectivity index (χ0) is 23.2. The van der Waals surface area contributed by atoms with Crippen LogP contribution in [0.15, 0.2) is 84.9 Å². The second kappa shape index (κ2) is 9.99. The number of carbonyl (C=O) groups is 1. The summed E-state index contributed by atoms with van der Waals surface area (Å²) in [6, 6.07) is 26.6. The number of nitrogens with one attached hydrogen (secondary N) is 1. The van der Waals surface area contributed by atoms with E-state index in [1.54, 1.807) is 24.3 Å². The summed E-state index contributed by atoms with van der Waals surface area (Å²) in [6.07, 6.45) is 1.75. The number of rotatable bonds is 6. The van der Waals surface area contributed by atoms with Crippen LogP contribution in [0.5, 0.6) is 5.75 Å². The molecule has 0 fully saturated rings. The summed E-state index contributed by atoms with van der Waals surface area (Å²) in [5.41, 5.74) is 2.51. The van der Waals surface area contributed by atoms with Crippen molar-refractivity contribution in [2.75, 3.05) is 11.9 Å². The summed E-state index contributed by atoms with van der Waals surface area (Å²) in [6.45, 7) is -0.257. The van der Waals surface area contributed by atoms with Gasteiger partial charge >= 0.3 is 0 Å². The van der Waals surface area contributed by atoms with E-state index < -0.39 is 5.91 Å². The Morgan fingerprint density at radius 1 is 1.00 bits per heavy atom. The quantitative estimate of drug-likeness (QED) is 0.259. The van der Waals surface area contributed by atoms with Crippen molar-refractivity contribution in [3.8, 4) is 11.8 Å². The Kier molecular flexibility index (Phi) is 6.68. The molecular weight excluding hydrogens is 439 g/mol. The van der Waals surface area contributed by atoms with Gasteiger partial charge in [-0.15, -0.1) is 0 Å². The largest absolute Gasteiger partial charge is 0.482 e. The molecular formula is C27H18ClFN2O2. The van der Waals surface area contributed by atoms with Crippen LogP contribution in [0.25, 0.3) is 22.4 Å². The van der Waals surface area contributed by atoms with E-state index in [1.807, 2.05) is 42.5 Å². The van der Waals surface area contributed by atoms with Gasteiger partial charge in [0.1, 0.15) is 11.6 Å². The molecule has 0 unspecified atom stereocenters. The van der Waals surface area contributed by atoms with Crippen molar-refractivity contribution in [3.63, 3.8) is 0 Å². The fourth-order valence-corrected chi connectivity index (χ4v) is 3.54. The van der Waals surface area contributed by atoms with Gasteiger partial charge in [0.2, 0.25) is 0 Å².